The van der Waals surface area contributed by atoms with Gasteiger partial charge in [0.1, 0.15) is 6.61 Å². The third-order valence-electron chi connectivity index (χ3n) is 1.69. The van der Waals surface area contributed by atoms with Gasteiger partial charge in [-0.15, -0.1) is 0 Å². The summed E-state index contributed by atoms with van der Waals surface area (Å²) in [5, 5.41) is 0. The molecule has 0 aromatic rings. The summed E-state index contributed by atoms with van der Waals surface area (Å²) in [6, 6.07) is 0. The highest BCUT2D eigenvalue weighted by Crippen LogP contribution is 2.11. The maximum Gasteiger partial charge on any atom is 0.188 e. The van der Waals surface area contributed by atoms with Gasteiger partial charge in [-0.25, -0.2) is 0 Å². The van der Waals surface area contributed by atoms with Gasteiger partial charge >= 0.3 is 0 Å². The minimum atomic E-state index is -0.606. The predicted octanol–water partition coefficient (Wildman–Crippen LogP) is 1.72. The molecule has 0 N–H and O–H groups in total. The topological polar surface area (TPSA) is 27.7 Å². The zero-order valence-electron chi connectivity index (χ0n) is 8.71. The summed E-state index contributed by atoms with van der Waals surface area (Å²) in [7, 11) is 1.62. The number of ether oxygens (including phenoxy) is 3. The van der Waals surface area contributed by atoms with Crippen LogP contribution >= 0.6 is 12.6 Å². The van der Waals surface area contributed by atoms with Gasteiger partial charge in [0.05, 0.1) is 0 Å². The Morgan fingerprint density at radius 1 is 1.38 bits per heavy atom. The smallest absolute Gasteiger partial charge is 0.188 e. The van der Waals surface area contributed by atoms with Gasteiger partial charge < -0.3 is 14.2 Å². The molecule has 13 heavy (non-hydrogen) atoms. The zero-order chi connectivity index (χ0) is 10.2. The lowest BCUT2D eigenvalue weighted by atomic mass is 10.3. The van der Waals surface area contributed by atoms with E-state index in [0.29, 0.717) is 19.8 Å². The maximum absolute atomic E-state index is 5.39. The van der Waals surface area contributed by atoms with Gasteiger partial charge in [0, 0.05) is 20.3 Å². The van der Waals surface area contributed by atoms with Gasteiger partial charge in [-0.2, -0.15) is 12.6 Å². The average molecular weight is 208 g/mol. The van der Waals surface area contributed by atoms with Crippen LogP contribution < -0.4 is 0 Å². The average Bonchev–Trinajstić information content (AvgIpc) is 2.13. The van der Waals surface area contributed by atoms with Crippen LogP contribution in [0, 0.1) is 0 Å². The maximum atomic E-state index is 5.39. The van der Waals surface area contributed by atoms with Crippen LogP contribution in [0.1, 0.15) is 20.3 Å². The molecule has 0 saturated carbocycles. The van der Waals surface area contributed by atoms with Crippen LogP contribution in [0.2, 0.25) is 0 Å². The molecule has 1 atom stereocenters. The molecule has 0 radical (unpaired) electrons. The molecule has 0 aromatic carbocycles. The van der Waals surface area contributed by atoms with E-state index in [2.05, 4.69) is 12.6 Å². The highest BCUT2D eigenvalue weighted by atomic mass is 32.1. The van der Waals surface area contributed by atoms with Crippen molar-refractivity contribution in [2.75, 3.05) is 32.7 Å². The van der Waals surface area contributed by atoms with Crippen molar-refractivity contribution in [3.8, 4) is 0 Å². The Hall–Kier alpha value is 0.230. The van der Waals surface area contributed by atoms with Crippen molar-refractivity contribution in [3.05, 3.63) is 0 Å². The fourth-order valence-corrected chi connectivity index (χ4v) is 1.02. The van der Waals surface area contributed by atoms with Crippen molar-refractivity contribution in [2.24, 2.45) is 0 Å². The molecule has 0 bridgehead atoms. The molecule has 0 aromatic heterocycles. The van der Waals surface area contributed by atoms with Crippen molar-refractivity contribution >= 4 is 12.6 Å². The zero-order valence-corrected chi connectivity index (χ0v) is 9.60. The third kappa shape index (κ3) is 6.32. The van der Waals surface area contributed by atoms with Gasteiger partial charge in [0.2, 0.25) is 0 Å². The minimum Gasteiger partial charge on any atom is -0.376 e. The number of hydrogen-bond acceptors (Lipinski definition) is 4. The van der Waals surface area contributed by atoms with E-state index in [9.17, 15) is 0 Å². The Morgan fingerprint density at radius 2 is 2.08 bits per heavy atom. The lowest BCUT2D eigenvalue weighted by molar-refractivity contribution is -0.234. The Bertz CT molecular complexity index is 121. The molecule has 0 rings (SSSR count). The van der Waals surface area contributed by atoms with E-state index in [4.69, 9.17) is 14.2 Å². The Balaban J connectivity index is 3.57. The normalized spacial score (nSPS) is 15.7. The molecule has 0 aliphatic rings. The summed E-state index contributed by atoms with van der Waals surface area (Å²) >= 11 is 4.09. The van der Waals surface area contributed by atoms with E-state index in [1.807, 2.05) is 13.8 Å². The summed E-state index contributed by atoms with van der Waals surface area (Å²) < 4.78 is 16.0. The Morgan fingerprint density at radius 3 is 2.54 bits per heavy atom. The second kappa shape index (κ2) is 7.62. The van der Waals surface area contributed by atoms with Crippen LogP contribution in [0.3, 0.4) is 0 Å². The van der Waals surface area contributed by atoms with Gasteiger partial charge in [-0.3, -0.25) is 0 Å². The molecular weight excluding hydrogens is 188 g/mol. The predicted molar refractivity (Wildman–Crippen MR) is 56.3 cm³/mol. The first kappa shape index (κ1) is 13.2. The van der Waals surface area contributed by atoms with E-state index in [1.165, 1.54) is 0 Å². The second-order valence-electron chi connectivity index (χ2n) is 2.90. The number of rotatable bonds is 8. The molecule has 4 heteroatoms. The quantitative estimate of drug-likeness (QED) is 0.374. The molecule has 0 aliphatic carbocycles. The van der Waals surface area contributed by atoms with Crippen LogP contribution in [0.25, 0.3) is 0 Å². The molecule has 0 aliphatic heterocycles. The molecule has 0 fully saturated rings. The molecule has 0 amide bonds. The number of thiol groups is 1. The summed E-state index contributed by atoms with van der Waals surface area (Å²) in [4.78, 5) is 0. The highest BCUT2D eigenvalue weighted by Gasteiger charge is 2.23. The van der Waals surface area contributed by atoms with Gasteiger partial charge in [-0.1, -0.05) is 0 Å². The van der Waals surface area contributed by atoms with Crippen LogP contribution in [-0.4, -0.2) is 38.5 Å². The van der Waals surface area contributed by atoms with E-state index in [-0.39, 0.29) is 0 Å². The SMILES string of the molecule is CCO[C@@](C)(COCCCS)OC. The van der Waals surface area contributed by atoms with Gasteiger partial charge in [-0.05, 0) is 26.0 Å². The summed E-state index contributed by atoms with van der Waals surface area (Å²) in [6.07, 6.45) is 0.953. The molecule has 3 nitrogen and oxygen atoms in total. The molecule has 0 heterocycles. The van der Waals surface area contributed by atoms with Gasteiger partial charge in [0.25, 0.3) is 0 Å². The van der Waals surface area contributed by atoms with E-state index < -0.39 is 5.79 Å². The van der Waals surface area contributed by atoms with Crippen molar-refractivity contribution in [3.63, 3.8) is 0 Å². The first-order valence-corrected chi connectivity index (χ1v) is 5.19. The van der Waals surface area contributed by atoms with Gasteiger partial charge in [0.15, 0.2) is 5.79 Å². The standard InChI is InChI=1S/C9H20O3S/c1-4-12-9(2,10-3)8-11-6-5-7-13/h13H,4-8H2,1-3H3/t9-/m0/s1. The van der Waals surface area contributed by atoms with Crippen molar-refractivity contribution in [1.29, 1.82) is 0 Å². The van der Waals surface area contributed by atoms with Crippen molar-refractivity contribution in [2.45, 2.75) is 26.1 Å². The van der Waals surface area contributed by atoms with Crippen LogP contribution in [0.5, 0.6) is 0 Å². The fraction of sp³-hybridized carbons (Fsp3) is 1.00. The monoisotopic (exact) mass is 208 g/mol. The van der Waals surface area contributed by atoms with Crippen LogP contribution in [-0.2, 0) is 14.2 Å². The minimum absolute atomic E-state index is 0.463. The highest BCUT2D eigenvalue weighted by molar-refractivity contribution is 7.80. The number of hydrogen-bond donors (Lipinski definition) is 1. The van der Waals surface area contributed by atoms with Crippen molar-refractivity contribution in [1.82, 2.24) is 0 Å². The molecule has 80 valence electrons. The van der Waals surface area contributed by atoms with Crippen LogP contribution in [0.15, 0.2) is 0 Å². The molecular formula is C9H20O3S. The van der Waals surface area contributed by atoms with E-state index >= 15 is 0 Å². The van der Waals surface area contributed by atoms with E-state index in [0.717, 1.165) is 12.2 Å². The first-order valence-electron chi connectivity index (χ1n) is 4.56. The molecule has 0 spiro atoms. The first-order chi connectivity index (χ1) is 6.18. The Labute approximate surface area is 86.2 Å². The third-order valence-corrected chi connectivity index (χ3v) is 2.01. The van der Waals surface area contributed by atoms with Crippen molar-refractivity contribution < 1.29 is 14.2 Å². The number of methoxy groups -OCH3 is 1. The van der Waals surface area contributed by atoms with Crippen LogP contribution in [0.4, 0.5) is 0 Å². The second-order valence-corrected chi connectivity index (χ2v) is 3.35. The molecule has 0 unspecified atom stereocenters. The lowest BCUT2D eigenvalue weighted by Crippen LogP contribution is -2.36. The summed E-state index contributed by atoms with van der Waals surface area (Å²) in [5.74, 6) is 0.240. The van der Waals surface area contributed by atoms with E-state index in [1.54, 1.807) is 7.11 Å². The summed E-state index contributed by atoms with van der Waals surface area (Å²) in [5.41, 5.74) is 0. The summed E-state index contributed by atoms with van der Waals surface area (Å²) in [6.45, 7) is 5.60. The fourth-order valence-electron chi connectivity index (χ4n) is 0.889. The molecule has 0 saturated heterocycles. The lowest BCUT2D eigenvalue weighted by Gasteiger charge is -2.27. The Kier molecular flexibility index (Phi) is 7.75. The largest absolute Gasteiger partial charge is 0.376 e.